The van der Waals surface area contributed by atoms with Crippen LogP contribution in [0.5, 0.6) is 17.2 Å². The molecule has 0 aliphatic heterocycles. The third-order valence-corrected chi connectivity index (χ3v) is 6.64. The Morgan fingerprint density at radius 1 is 0.781 bits per heavy atom. The lowest BCUT2D eigenvalue weighted by atomic mass is 10.0. The maximum atomic E-state index is 12.1. The Morgan fingerprint density at radius 2 is 1.34 bits per heavy atom. The molecule has 6 heteroatoms. The standard InChI is InChI=1S/C26H38O5S/c1-2-3-4-5-6-7-8-9-10-11-12-13-16-22-17-14-20-25(26(22)32(28,29)30)31-24-19-15-18-23(27)21-24/h14-15,17-21,27H,2-13,16H2,1H3,(H,28,29,30). The molecule has 0 bridgehead atoms. The number of hydrogen-bond acceptors (Lipinski definition) is 4. The van der Waals surface area contributed by atoms with Gasteiger partial charge in [0.1, 0.15) is 22.1 Å². The molecule has 2 N–H and O–H groups in total. The summed E-state index contributed by atoms with van der Waals surface area (Å²) in [5.41, 5.74) is 0.553. The highest BCUT2D eigenvalue weighted by molar-refractivity contribution is 7.86. The van der Waals surface area contributed by atoms with Crippen molar-refractivity contribution >= 4 is 10.1 Å². The van der Waals surface area contributed by atoms with Crippen LogP contribution in [0.3, 0.4) is 0 Å². The van der Waals surface area contributed by atoms with Gasteiger partial charge in [-0.05, 0) is 36.6 Å². The van der Waals surface area contributed by atoms with Crippen LogP contribution in [0.4, 0.5) is 0 Å². The number of aromatic hydroxyl groups is 1. The van der Waals surface area contributed by atoms with Gasteiger partial charge in [0.25, 0.3) is 10.1 Å². The monoisotopic (exact) mass is 462 g/mol. The summed E-state index contributed by atoms with van der Waals surface area (Å²) in [7, 11) is -4.45. The summed E-state index contributed by atoms with van der Waals surface area (Å²) >= 11 is 0. The molecular formula is C26H38O5S. The Balaban J connectivity index is 1.80. The molecular weight excluding hydrogens is 424 g/mol. The average molecular weight is 463 g/mol. The van der Waals surface area contributed by atoms with Gasteiger partial charge in [0.2, 0.25) is 0 Å². The third-order valence-electron chi connectivity index (χ3n) is 5.66. The van der Waals surface area contributed by atoms with Crippen LogP contribution in [0.15, 0.2) is 47.4 Å². The van der Waals surface area contributed by atoms with E-state index in [4.69, 9.17) is 4.74 Å². The largest absolute Gasteiger partial charge is 0.508 e. The molecule has 32 heavy (non-hydrogen) atoms. The summed E-state index contributed by atoms with van der Waals surface area (Å²) in [5.74, 6) is 0.385. The maximum Gasteiger partial charge on any atom is 0.298 e. The second-order valence-electron chi connectivity index (χ2n) is 8.46. The molecule has 0 saturated heterocycles. The minimum atomic E-state index is -4.45. The fourth-order valence-electron chi connectivity index (χ4n) is 3.96. The van der Waals surface area contributed by atoms with Crippen LogP contribution in [0.25, 0.3) is 0 Å². The van der Waals surface area contributed by atoms with Crippen molar-refractivity contribution in [2.45, 2.75) is 95.3 Å². The second kappa shape index (κ2) is 14.2. The summed E-state index contributed by atoms with van der Waals surface area (Å²) in [4.78, 5) is -0.189. The van der Waals surface area contributed by atoms with E-state index in [-0.39, 0.29) is 16.4 Å². The first-order valence-corrected chi connectivity index (χ1v) is 13.4. The molecule has 0 spiro atoms. The normalized spacial score (nSPS) is 11.6. The van der Waals surface area contributed by atoms with Gasteiger partial charge in [0.15, 0.2) is 0 Å². The van der Waals surface area contributed by atoms with Crippen molar-refractivity contribution < 1.29 is 22.8 Å². The minimum Gasteiger partial charge on any atom is -0.508 e. The Hall–Kier alpha value is -2.05. The number of phenolic OH excluding ortho intramolecular Hbond substituents is 1. The number of aryl methyl sites for hydroxylation is 1. The molecule has 0 saturated carbocycles. The molecule has 5 nitrogen and oxygen atoms in total. The van der Waals surface area contributed by atoms with Crippen LogP contribution < -0.4 is 4.74 Å². The molecule has 0 atom stereocenters. The topological polar surface area (TPSA) is 83.8 Å². The number of hydrogen-bond donors (Lipinski definition) is 2. The maximum absolute atomic E-state index is 12.1. The van der Waals surface area contributed by atoms with E-state index < -0.39 is 10.1 Å². The van der Waals surface area contributed by atoms with E-state index >= 15 is 0 Å². The Labute approximate surface area is 193 Å². The zero-order chi connectivity index (χ0) is 23.2. The summed E-state index contributed by atoms with van der Waals surface area (Å²) in [6, 6.07) is 11.1. The highest BCUT2D eigenvalue weighted by Gasteiger charge is 2.22. The van der Waals surface area contributed by atoms with Gasteiger partial charge in [0.05, 0.1) is 0 Å². The molecule has 0 heterocycles. The molecule has 2 aromatic rings. The van der Waals surface area contributed by atoms with Crippen LogP contribution >= 0.6 is 0 Å². The molecule has 0 radical (unpaired) electrons. The first-order valence-electron chi connectivity index (χ1n) is 12.0. The number of benzene rings is 2. The predicted molar refractivity (Wildman–Crippen MR) is 129 cm³/mol. The van der Waals surface area contributed by atoms with Crippen molar-refractivity contribution in [3.8, 4) is 17.2 Å². The molecule has 2 rings (SSSR count). The van der Waals surface area contributed by atoms with Crippen LogP contribution in [0, 0.1) is 0 Å². The Kier molecular flexibility index (Phi) is 11.6. The molecule has 0 aliphatic rings. The third kappa shape index (κ3) is 9.61. The predicted octanol–water partition coefficient (Wildman–Crippen LogP) is 7.67. The van der Waals surface area contributed by atoms with Gasteiger partial charge < -0.3 is 9.84 Å². The highest BCUT2D eigenvalue weighted by atomic mass is 32.2. The van der Waals surface area contributed by atoms with E-state index in [1.54, 1.807) is 24.3 Å². The lowest BCUT2D eigenvalue weighted by molar-refractivity contribution is 0.438. The zero-order valence-corrected chi connectivity index (χ0v) is 20.1. The van der Waals surface area contributed by atoms with E-state index in [0.29, 0.717) is 17.7 Å². The molecule has 2 aromatic carbocycles. The summed E-state index contributed by atoms with van der Waals surface area (Å²) < 4.78 is 39.6. The highest BCUT2D eigenvalue weighted by Crippen LogP contribution is 2.33. The molecule has 0 unspecified atom stereocenters. The number of phenols is 1. The van der Waals surface area contributed by atoms with Crippen LogP contribution in [0.2, 0.25) is 0 Å². The minimum absolute atomic E-state index is 0.0172. The zero-order valence-electron chi connectivity index (χ0n) is 19.3. The van der Waals surface area contributed by atoms with E-state index in [2.05, 4.69) is 6.92 Å². The van der Waals surface area contributed by atoms with Crippen molar-refractivity contribution in [1.82, 2.24) is 0 Å². The van der Waals surface area contributed by atoms with Crippen LogP contribution in [-0.4, -0.2) is 18.1 Å². The van der Waals surface area contributed by atoms with Crippen molar-refractivity contribution in [3.63, 3.8) is 0 Å². The first kappa shape index (κ1) is 26.2. The van der Waals surface area contributed by atoms with Gasteiger partial charge in [0, 0.05) is 6.07 Å². The first-order chi connectivity index (χ1) is 15.4. The van der Waals surface area contributed by atoms with Crippen LogP contribution in [-0.2, 0) is 16.5 Å². The van der Waals surface area contributed by atoms with Gasteiger partial charge in [-0.15, -0.1) is 0 Å². The van der Waals surface area contributed by atoms with Gasteiger partial charge in [-0.3, -0.25) is 4.55 Å². The van der Waals surface area contributed by atoms with Gasteiger partial charge in [-0.1, -0.05) is 95.8 Å². The van der Waals surface area contributed by atoms with E-state index in [0.717, 1.165) is 19.3 Å². The molecule has 0 aliphatic carbocycles. The van der Waals surface area contributed by atoms with Crippen molar-refractivity contribution in [3.05, 3.63) is 48.0 Å². The van der Waals surface area contributed by atoms with Crippen molar-refractivity contribution in [1.29, 1.82) is 0 Å². The molecule has 0 fully saturated rings. The molecule has 178 valence electrons. The molecule has 0 amide bonds. The SMILES string of the molecule is CCCCCCCCCCCCCCc1cccc(Oc2cccc(O)c2)c1S(=O)(=O)O. The lowest BCUT2D eigenvalue weighted by Gasteiger charge is -2.13. The van der Waals surface area contributed by atoms with Crippen molar-refractivity contribution in [2.24, 2.45) is 0 Å². The fourth-order valence-corrected chi connectivity index (χ4v) is 4.83. The smallest absolute Gasteiger partial charge is 0.298 e. The molecule has 0 aromatic heterocycles. The number of rotatable bonds is 16. The number of unbranched alkanes of at least 4 members (excludes halogenated alkanes) is 11. The van der Waals surface area contributed by atoms with E-state index in [1.807, 2.05) is 0 Å². The summed E-state index contributed by atoms with van der Waals surface area (Å²) in [6.45, 7) is 2.24. The number of ether oxygens (including phenoxy) is 1. The quantitative estimate of drug-likeness (QED) is 0.197. The Morgan fingerprint density at radius 3 is 1.91 bits per heavy atom. The van der Waals surface area contributed by atoms with Gasteiger partial charge >= 0.3 is 0 Å². The summed E-state index contributed by atoms with van der Waals surface area (Å²) in [6.07, 6.45) is 15.4. The van der Waals surface area contributed by atoms with Crippen molar-refractivity contribution in [2.75, 3.05) is 0 Å². The summed E-state index contributed by atoms with van der Waals surface area (Å²) in [5, 5.41) is 9.61. The second-order valence-corrected chi connectivity index (χ2v) is 9.82. The van der Waals surface area contributed by atoms with Gasteiger partial charge in [-0.25, -0.2) is 0 Å². The van der Waals surface area contributed by atoms with Gasteiger partial charge in [-0.2, -0.15) is 8.42 Å². The van der Waals surface area contributed by atoms with E-state index in [1.165, 1.54) is 76.0 Å². The Bertz CT molecular complexity index is 908. The van der Waals surface area contributed by atoms with Crippen LogP contribution in [0.1, 0.15) is 89.5 Å². The lowest BCUT2D eigenvalue weighted by Crippen LogP contribution is -2.06. The fraction of sp³-hybridized carbons (Fsp3) is 0.538. The average Bonchev–Trinajstić information content (AvgIpc) is 2.74. The van der Waals surface area contributed by atoms with E-state index in [9.17, 15) is 18.1 Å².